The Morgan fingerprint density at radius 1 is 1.10 bits per heavy atom. The van der Waals surface area contributed by atoms with Crippen LogP contribution < -0.4 is 14.8 Å². The highest BCUT2D eigenvalue weighted by atomic mass is 79.9. The topological polar surface area (TPSA) is 30.5 Å². The molecule has 0 radical (unpaired) electrons. The molecule has 0 heterocycles. The molecule has 0 atom stereocenters. The van der Waals surface area contributed by atoms with Gasteiger partial charge in [0, 0.05) is 11.0 Å². The third-order valence-electron chi connectivity index (χ3n) is 2.93. The van der Waals surface area contributed by atoms with Crippen LogP contribution in [0.4, 0.5) is 4.39 Å². The minimum absolute atomic E-state index is 0.276. The van der Waals surface area contributed by atoms with Crippen molar-refractivity contribution in [3.8, 4) is 11.5 Å². The number of methoxy groups -OCH3 is 1. The van der Waals surface area contributed by atoms with Gasteiger partial charge in [-0.25, -0.2) is 4.39 Å². The molecule has 0 spiro atoms. The average molecular weight is 354 g/mol. The zero-order valence-electron chi connectivity index (χ0n) is 12.0. The number of rotatable bonds is 6. The molecule has 0 saturated heterocycles. The van der Waals surface area contributed by atoms with Crippen molar-refractivity contribution in [2.75, 3.05) is 14.2 Å². The van der Waals surface area contributed by atoms with Crippen LogP contribution in [0.3, 0.4) is 0 Å². The van der Waals surface area contributed by atoms with E-state index >= 15 is 0 Å². The minimum Gasteiger partial charge on any atom is -0.493 e. The quantitative estimate of drug-likeness (QED) is 0.854. The van der Waals surface area contributed by atoms with E-state index in [0.717, 1.165) is 17.7 Å². The maximum absolute atomic E-state index is 13.3. The molecule has 0 aliphatic carbocycles. The predicted molar refractivity (Wildman–Crippen MR) is 84.2 cm³/mol. The Bertz CT molecular complexity index is 599. The van der Waals surface area contributed by atoms with Gasteiger partial charge in [-0.1, -0.05) is 22.0 Å². The first-order chi connectivity index (χ1) is 10.1. The van der Waals surface area contributed by atoms with Crippen LogP contribution in [-0.2, 0) is 13.2 Å². The van der Waals surface area contributed by atoms with Gasteiger partial charge >= 0.3 is 0 Å². The fraction of sp³-hybridized carbons (Fsp3) is 0.250. The predicted octanol–water partition coefficient (Wildman–Crippen LogP) is 3.90. The van der Waals surface area contributed by atoms with Gasteiger partial charge in [0.15, 0.2) is 11.5 Å². The van der Waals surface area contributed by atoms with E-state index in [1.54, 1.807) is 7.11 Å². The average Bonchev–Trinajstić information content (AvgIpc) is 2.45. The summed E-state index contributed by atoms with van der Waals surface area (Å²) in [5, 5.41) is 3.08. The SMILES string of the molecule is CNCc1ccc(OCc2cc(F)cc(Br)c2)c(OC)c1. The summed E-state index contributed by atoms with van der Waals surface area (Å²) in [6.07, 6.45) is 0. The van der Waals surface area contributed by atoms with Gasteiger partial charge in [-0.3, -0.25) is 0 Å². The van der Waals surface area contributed by atoms with E-state index in [9.17, 15) is 4.39 Å². The van der Waals surface area contributed by atoms with Crippen molar-refractivity contribution < 1.29 is 13.9 Å². The summed E-state index contributed by atoms with van der Waals surface area (Å²) >= 11 is 3.27. The van der Waals surface area contributed by atoms with Crippen molar-refractivity contribution in [1.29, 1.82) is 0 Å². The van der Waals surface area contributed by atoms with Gasteiger partial charge in [0.05, 0.1) is 7.11 Å². The molecule has 2 aromatic carbocycles. The van der Waals surface area contributed by atoms with Crippen molar-refractivity contribution in [3.63, 3.8) is 0 Å². The van der Waals surface area contributed by atoms with Crippen LogP contribution >= 0.6 is 15.9 Å². The molecule has 0 unspecified atom stereocenters. The lowest BCUT2D eigenvalue weighted by Gasteiger charge is -2.12. The van der Waals surface area contributed by atoms with Crippen LogP contribution in [-0.4, -0.2) is 14.2 Å². The summed E-state index contributed by atoms with van der Waals surface area (Å²) in [7, 11) is 3.49. The zero-order valence-corrected chi connectivity index (χ0v) is 13.5. The largest absolute Gasteiger partial charge is 0.493 e. The van der Waals surface area contributed by atoms with E-state index in [4.69, 9.17) is 9.47 Å². The molecule has 112 valence electrons. The molecule has 1 N–H and O–H groups in total. The van der Waals surface area contributed by atoms with Gasteiger partial charge < -0.3 is 14.8 Å². The van der Waals surface area contributed by atoms with Crippen LogP contribution in [0.15, 0.2) is 40.9 Å². The van der Waals surface area contributed by atoms with Gasteiger partial charge in [-0.2, -0.15) is 0 Å². The Morgan fingerprint density at radius 3 is 2.57 bits per heavy atom. The first-order valence-corrected chi connectivity index (χ1v) is 7.31. The molecule has 21 heavy (non-hydrogen) atoms. The lowest BCUT2D eigenvalue weighted by molar-refractivity contribution is 0.284. The highest BCUT2D eigenvalue weighted by Gasteiger charge is 2.07. The summed E-state index contributed by atoms with van der Waals surface area (Å²) in [4.78, 5) is 0. The van der Waals surface area contributed by atoms with Gasteiger partial charge in [-0.15, -0.1) is 0 Å². The molecular weight excluding hydrogens is 337 g/mol. The molecular formula is C16H17BrFNO2. The van der Waals surface area contributed by atoms with Gasteiger partial charge in [-0.05, 0) is 48.5 Å². The van der Waals surface area contributed by atoms with Crippen molar-refractivity contribution in [2.24, 2.45) is 0 Å². The van der Waals surface area contributed by atoms with Crippen LogP contribution in [0.25, 0.3) is 0 Å². The fourth-order valence-electron chi connectivity index (χ4n) is 2.00. The number of halogens is 2. The Hall–Kier alpha value is -1.59. The van der Waals surface area contributed by atoms with Crippen molar-refractivity contribution in [3.05, 3.63) is 57.8 Å². The monoisotopic (exact) mass is 353 g/mol. The molecule has 5 heteroatoms. The van der Waals surface area contributed by atoms with Crippen LogP contribution in [0, 0.1) is 5.82 Å². The first kappa shape index (κ1) is 15.8. The smallest absolute Gasteiger partial charge is 0.161 e. The second kappa shape index (κ2) is 7.43. The van der Waals surface area contributed by atoms with E-state index < -0.39 is 0 Å². The minimum atomic E-state index is -0.292. The summed E-state index contributed by atoms with van der Waals surface area (Å²) in [5.41, 5.74) is 1.86. The van der Waals surface area contributed by atoms with E-state index in [1.165, 1.54) is 12.1 Å². The molecule has 0 aliphatic rings. The third kappa shape index (κ3) is 4.44. The Kier molecular flexibility index (Phi) is 5.59. The fourth-order valence-corrected chi connectivity index (χ4v) is 2.51. The van der Waals surface area contributed by atoms with Crippen LogP contribution in [0.2, 0.25) is 0 Å². The van der Waals surface area contributed by atoms with E-state index in [2.05, 4.69) is 21.2 Å². The Labute approximate surface area is 132 Å². The molecule has 0 bridgehead atoms. The van der Waals surface area contributed by atoms with E-state index in [0.29, 0.717) is 16.0 Å². The lowest BCUT2D eigenvalue weighted by Crippen LogP contribution is -2.05. The summed E-state index contributed by atoms with van der Waals surface area (Å²) in [6.45, 7) is 1.03. The van der Waals surface area contributed by atoms with Crippen molar-refractivity contribution >= 4 is 15.9 Å². The van der Waals surface area contributed by atoms with Crippen molar-refractivity contribution in [2.45, 2.75) is 13.2 Å². The van der Waals surface area contributed by atoms with E-state index in [-0.39, 0.29) is 12.4 Å². The molecule has 0 aliphatic heterocycles. The van der Waals surface area contributed by atoms with Crippen molar-refractivity contribution in [1.82, 2.24) is 5.32 Å². The Morgan fingerprint density at radius 2 is 1.90 bits per heavy atom. The molecule has 0 amide bonds. The number of ether oxygens (including phenoxy) is 2. The standard InChI is InChI=1S/C16H17BrFNO2/c1-19-9-11-3-4-15(16(7-11)20-2)21-10-12-5-13(17)8-14(18)6-12/h3-8,19H,9-10H2,1-2H3. The number of benzene rings is 2. The van der Waals surface area contributed by atoms with Gasteiger partial charge in [0.2, 0.25) is 0 Å². The maximum Gasteiger partial charge on any atom is 0.161 e. The van der Waals surface area contributed by atoms with Crippen LogP contribution in [0.5, 0.6) is 11.5 Å². The molecule has 3 nitrogen and oxygen atoms in total. The second-order valence-corrected chi connectivity index (χ2v) is 5.50. The summed E-state index contributed by atoms with van der Waals surface area (Å²) in [5.74, 6) is 1.01. The van der Waals surface area contributed by atoms with E-state index in [1.807, 2.05) is 31.3 Å². The van der Waals surface area contributed by atoms with Crippen LogP contribution in [0.1, 0.15) is 11.1 Å². The maximum atomic E-state index is 13.3. The number of hydrogen-bond acceptors (Lipinski definition) is 3. The normalized spacial score (nSPS) is 10.5. The molecule has 2 rings (SSSR count). The third-order valence-corrected chi connectivity index (χ3v) is 3.38. The van der Waals surface area contributed by atoms with Gasteiger partial charge in [0.25, 0.3) is 0 Å². The zero-order chi connectivity index (χ0) is 15.2. The number of hydrogen-bond donors (Lipinski definition) is 1. The molecule has 2 aromatic rings. The highest BCUT2D eigenvalue weighted by molar-refractivity contribution is 9.10. The molecule has 0 saturated carbocycles. The number of nitrogens with one attached hydrogen (secondary N) is 1. The summed E-state index contributed by atoms with van der Waals surface area (Å²) < 4.78 is 25.1. The molecule has 0 fully saturated rings. The van der Waals surface area contributed by atoms with Gasteiger partial charge in [0.1, 0.15) is 12.4 Å². The lowest BCUT2D eigenvalue weighted by atomic mass is 10.2. The second-order valence-electron chi connectivity index (χ2n) is 4.58. The first-order valence-electron chi connectivity index (χ1n) is 6.51. The summed E-state index contributed by atoms with van der Waals surface area (Å²) in [6, 6.07) is 10.4. The Balaban J connectivity index is 2.12. The highest BCUT2D eigenvalue weighted by Crippen LogP contribution is 2.29. The molecule has 0 aromatic heterocycles.